The van der Waals surface area contributed by atoms with Crippen LogP contribution in [0.4, 0.5) is 0 Å². The molecule has 4 atom stereocenters. The first-order chi connectivity index (χ1) is 8.04. The minimum Gasteiger partial charge on any atom is -1.00 e. The molecule has 1 aromatic heterocycles. The predicted octanol–water partition coefficient (Wildman–Crippen LogP) is -5.89. The molecule has 1 aromatic rings. The number of aliphatic hydroxyl groups excluding tert-OH is 3. The molecule has 1 fully saturated rings. The third-order valence-corrected chi connectivity index (χ3v) is 2.51. The first-order valence-electron chi connectivity index (χ1n) is 4.88. The molecule has 0 radical (unpaired) electrons. The Bertz CT molecular complexity index is 433. The summed E-state index contributed by atoms with van der Waals surface area (Å²) in [5.74, 6) is -1.03. The summed E-state index contributed by atoms with van der Waals surface area (Å²) in [5, 5.41) is 31.8. The van der Waals surface area contributed by atoms with Crippen molar-refractivity contribution >= 4 is 5.91 Å². The van der Waals surface area contributed by atoms with Crippen molar-refractivity contribution in [1.82, 2.24) is 14.8 Å². The molecule has 0 aromatic carbocycles. The van der Waals surface area contributed by atoms with Crippen molar-refractivity contribution in [1.29, 1.82) is 0 Å². The maximum atomic E-state index is 10.8. The second-order valence-corrected chi connectivity index (χ2v) is 3.64. The number of nitrogens with two attached hydrogens (primary N) is 1. The van der Waals surface area contributed by atoms with Gasteiger partial charge in [0.15, 0.2) is 6.23 Å². The van der Waals surface area contributed by atoms with Gasteiger partial charge in [0.1, 0.15) is 24.6 Å². The monoisotopic (exact) mass is 268 g/mol. The molecule has 0 unspecified atom stereocenters. The quantitative estimate of drug-likeness (QED) is 0.399. The van der Waals surface area contributed by atoms with E-state index in [1.54, 1.807) is 0 Å². The largest absolute Gasteiger partial charge is 1.00 e. The predicted molar refractivity (Wildman–Crippen MR) is 52.7 cm³/mol. The Morgan fingerprint density at radius 1 is 1.56 bits per heavy atom. The van der Waals surface area contributed by atoms with Crippen LogP contribution in [0.2, 0.25) is 0 Å². The number of ether oxygens (including phenoxy) is 1. The molecule has 5 N–H and O–H groups in total. The van der Waals surface area contributed by atoms with Crippen molar-refractivity contribution in [3.63, 3.8) is 0 Å². The summed E-state index contributed by atoms with van der Waals surface area (Å²) in [6.07, 6.45) is -3.26. The molecule has 1 aliphatic heterocycles. The molecule has 2 heterocycles. The molecule has 9 nitrogen and oxygen atoms in total. The minimum absolute atomic E-state index is 0. The van der Waals surface area contributed by atoms with Crippen LogP contribution >= 0.6 is 0 Å². The van der Waals surface area contributed by atoms with Crippen LogP contribution in [0.25, 0.3) is 0 Å². The second kappa shape index (κ2) is 6.06. The summed E-state index contributed by atoms with van der Waals surface area (Å²) >= 11 is 0. The maximum Gasteiger partial charge on any atom is 1.00 e. The standard InChI is InChI=1S/C8H12N4O5.Na.H/c9-6(16)7-10-2-12(11-7)8-5(15)4(14)3(1-13)17-8;;/h2-5,8,13-15H,1H2,(H2,9,16);;/q;+1;-1/t3-,4-,5-,8-;;/m1../s1. The Morgan fingerprint density at radius 2 is 2.22 bits per heavy atom. The smallest absolute Gasteiger partial charge is 1.00 e. The Kier molecular flexibility index (Phi) is 5.22. The Balaban J connectivity index is 0.00000162. The molecule has 1 aliphatic rings. The van der Waals surface area contributed by atoms with Crippen LogP contribution in [0.1, 0.15) is 18.3 Å². The van der Waals surface area contributed by atoms with Crippen LogP contribution in [0, 0.1) is 0 Å². The van der Waals surface area contributed by atoms with Gasteiger partial charge in [0.2, 0.25) is 5.82 Å². The van der Waals surface area contributed by atoms with Crippen molar-refractivity contribution in [2.24, 2.45) is 5.73 Å². The first-order valence-corrected chi connectivity index (χ1v) is 4.88. The normalized spacial score (nSPS) is 31.1. The fourth-order valence-electron chi connectivity index (χ4n) is 1.61. The maximum absolute atomic E-state index is 10.8. The summed E-state index contributed by atoms with van der Waals surface area (Å²) in [6, 6.07) is 0. The number of carbonyl (C=O) groups is 1. The fourth-order valence-corrected chi connectivity index (χ4v) is 1.61. The average molecular weight is 268 g/mol. The zero-order chi connectivity index (χ0) is 12.6. The second-order valence-electron chi connectivity index (χ2n) is 3.64. The summed E-state index contributed by atoms with van der Waals surface area (Å²) in [4.78, 5) is 14.4. The number of hydrogen-bond donors (Lipinski definition) is 4. The molecule has 0 bridgehead atoms. The number of primary amides is 1. The SMILES string of the molecule is NC(=O)c1ncn([C@@H]2O[C@H](CO)[C@@H](O)[C@H]2O)n1.[H-].[Na+]. The van der Waals surface area contributed by atoms with E-state index in [1.807, 2.05) is 0 Å². The van der Waals surface area contributed by atoms with Crippen molar-refractivity contribution in [3.05, 3.63) is 12.2 Å². The summed E-state index contributed by atoms with van der Waals surface area (Å²) in [6.45, 7) is -0.438. The van der Waals surface area contributed by atoms with Gasteiger partial charge in [0.05, 0.1) is 6.61 Å². The zero-order valence-electron chi connectivity index (χ0n) is 10.7. The van der Waals surface area contributed by atoms with Crippen LogP contribution in [0.15, 0.2) is 6.33 Å². The van der Waals surface area contributed by atoms with E-state index in [0.717, 1.165) is 11.0 Å². The fraction of sp³-hybridized carbons (Fsp3) is 0.625. The van der Waals surface area contributed by atoms with Gasteiger partial charge in [-0.15, -0.1) is 5.10 Å². The molecular weight excluding hydrogens is 255 g/mol. The number of aliphatic hydroxyl groups is 3. The molecule has 96 valence electrons. The Labute approximate surface area is 125 Å². The average Bonchev–Trinajstić information content (AvgIpc) is 2.87. The van der Waals surface area contributed by atoms with E-state index in [2.05, 4.69) is 10.1 Å². The van der Waals surface area contributed by atoms with Gasteiger partial charge < -0.3 is 27.2 Å². The van der Waals surface area contributed by atoms with E-state index < -0.39 is 37.1 Å². The van der Waals surface area contributed by atoms with Gasteiger partial charge in [-0.2, -0.15) is 0 Å². The molecular formula is C8H13N4NaO5. The molecule has 1 saturated heterocycles. The first kappa shape index (κ1) is 15.5. The van der Waals surface area contributed by atoms with Gasteiger partial charge in [-0.05, 0) is 0 Å². The zero-order valence-corrected chi connectivity index (χ0v) is 11.7. The molecule has 0 spiro atoms. The third kappa shape index (κ3) is 2.72. The van der Waals surface area contributed by atoms with Gasteiger partial charge in [-0.1, -0.05) is 0 Å². The summed E-state index contributed by atoms with van der Waals surface area (Å²) < 4.78 is 6.25. The number of carbonyl (C=O) groups excluding carboxylic acids is 1. The van der Waals surface area contributed by atoms with E-state index in [0.29, 0.717) is 0 Å². The van der Waals surface area contributed by atoms with Crippen molar-refractivity contribution < 1.29 is 55.8 Å². The topological polar surface area (TPSA) is 144 Å². The molecule has 0 saturated carbocycles. The Hall–Kier alpha value is -0.550. The number of rotatable bonds is 3. The third-order valence-electron chi connectivity index (χ3n) is 2.51. The number of hydrogen-bond acceptors (Lipinski definition) is 7. The van der Waals surface area contributed by atoms with Crippen molar-refractivity contribution in [3.8, 4) is 0 Å². The number of nitrogens with zero attached hydrogens (tertiary/aromatic N) is 3. The van der Waals surface area contributed by atoms with Crippen molar-refractivity contribution in [2.75, 3.05) is 6.61 Å². The van der Waals surface area contributed by atoms with Crippen LogP contribution in [-0.4, -0.2) is 60.9 Å². The van der Waals surface area contributed by atoms with E-state index in [-0.39, 0.29) is 36.8 Å². The number of amides is 1. The van der Waals surface area contributed by atoms with Crippen LogP contribution in [-0.2, 0) is 4.74 Å². The van der Waals surface area contributed by atoms with E-state index >= 15 is 0 Å². The van der Waals surface area contributed by atoms with Crippen LogP contribution < -0.4 is 35.3 Å². The van der Waals surface area contributed by atoms with E-state index in [1.165, 1.54) is 0 Å². The van der Waals surface area contributed by atoms with Crippen molar-refractivity contribution in [2.45, 2.75) is 24.5 Å². The van der Waals surface area contributed by atoms with Gasteiger partial charge in [0.25, 0.3) is 5.91 Å². The number of aromatic nitrogens is 3. The van der Waals surface area contributed by atoms with Crippen LogP contribution in [0.5, 0.6) is 0 Å². The van der Waals surface area contributed by atoms with Gasteiger partial charge in [-0.3, -0.25) is 4.79 Å². The van der Waals surface area contributed by atoms with Gasteiger partial charge in [-0.25, -0.2) is 9.67 Å². The molecule has 2 rings (SSSR count). The van der Waals surface area contributed by atoms with Gasteiger partial charge in [0, 0.05) is 0 Å². The summed E-state index contributed by atoms with van der Waals surface area (Å²) in [5.41, 5.74) is 4.97. The van der Waals surface area contributed by atoms with Gasteiger partial charge >= 0.3 is 29.6 Å². The minimum atomic E-state index is -1.27. The Morgan fingerprint density at radius 3 is 2.67 bits per heavy atom. The van der Waals surface area contributed by atoms with Crippen LogP contribution in [0.3, 0.4) is 0 Å². The molecule has 0 aliphatic carbocycles. The van der Waals surface area contributed by atoms with E-state index in [4.69, 9.17) is 15.6 Å². The van der Waals surface area contributed by atoms with E-state index in [9.17, 15) is 15.0 Å². The molecule has 10 heteroatoms. The molecule has 1 amide bonds. The molecule has 18 heavy (non-hydrogen) atoms. The summed E-state index contributed by atoms with van der Waals surface area (Å²) in [7, 11) is 0.